The molecule has 0 saturated carbocycles. The zero-order valence-electron chi connectivity index (χ0n) is 16.1. The maximum absolute atomic E-state index is 12.8. The van der Waals surface area contributed by atoms with Crippen molar-refractivity contribution < 1.29 is 4.79 Å². The lowest BCUT2D eigenvalue weighted by atomic mass is 10.0. The number of nitrogens with zero attached hydrogens (tertiary/aromatic N) is 2. The van der Waals surface area contributed by atoms with Crippen LogP contribution >= 0.6 is 0 Å². The third-order valence-corrected chi connectivity index (χ3v) is 6.10. The van der Waals surface area contributed by atoms with Gasteiger partial charge in [-0.1, -0.05) is 48.0 Å². The van der Waals surface area contributed by atoms with E-state index < -0.39 is 0 Å². The molecule has 0 radical (unpaired) electrons. The second-order valence-electron chi connectivity index (χ2n) is 8.17. The van der Waals surface area contributed by atoms with Crippen molar-refractivity contribution in [1.82, 2.24) is 9.80 Å². The average Bonchev–Trinajstić information content (AvgIpc) is 3.25. The van der Waals surface area contributed by atoms with Crippen LogP contribution in [0.3, 0.4) is 0 Å². The Morgan fingerprint density at radius 2 is 1.74 bits per heavy atom. The minimum absolute atomic E-state index is 0.103. The molecule has 0 aromatic heterocycles. The van der Waals surface area contributed by atoms with Crippen molar-refractivity contribution in [3.8, 4) is 0 Å². The molecule has 4 rings (SSSR count). The molecule has 2 aliphatic heterocycles. The number of carbonyl (C=O) groups is 1. The van der Waals surface area contributed by atoms with Crippen LogP contribution in [0.1, 0.15) is 33.9 Å². The molecular formula is C23H29N3O. The molecule has 2 heterocycles. The molecule has 0 spiro atoms. The van der Waals surface area contributed by atoms with Crippen LogP contribution < -0.4 is 5.73 Å². The molecule has 2 N–H and O–H groups in total. The van der Waals surface area contributed by atoms with Crippen LogP contribution in [0.25, 0.3) is 0 Å². The molecule has 2 aromatic rings. The normalized spacial score (nSPS) is 23.4. The predicted octanol–water partition coefficient (Wildman–Crippen LogP) is 3.09. The molecule has 0 aliphatic carbocycles. The zero-order valence-corrected chi connectivity index (χ0v) is 16.1. The van der Waals surface area contributed by atoms with Crippen molar-refractivity contribution in [2.45, 2.75) is 19.4 Å². The molecule has 1 amide bonds. The van der Waals surface area contributed by atoms with Gasteiger partial charge in [0.25, 0.3) is 5.91 Å². The number of hydrogen-bond acceptors (Lipinski definition) is 3. The van der Waals surface area contributed by atoms with Gasteiger partial charge >= 0.3 is 0 Å². The molecule has 4 heteroatoms. The largest absolute Gasteiger partial charge is 0.338 e. The highest BCUT2D eigenvalue weighted by Crippen LogP contribution is 2.32. The Morgan fingerprint density at radius 1 is 1.04 bits per heavy atom. The molecule has 2 aliphatic rings. The monoisotopic (exact) mass is 363 g/mol. The van der Waals surface area contributed by atoms with E-state index in [0.29, 0.717) is 11.8 Å². The van der Waals surface area contributed by atoms with E-state index in [-0.39, 0.29) is 11.9 Å². The van der Waals surface area contributed by atoms with Crippen molar-refractivity contribution in [1.29, 1.82) is 0 Å². The molecule has 3 atom stereocenters. The van der Waals surface area contributed by atoms with Crippen molar-refractivity contribution in [2.24, 2.45) is 17.6 Å². The Morgan fingerprint density at radius 3 is 2.41 bits per heavy atom. The van der Waals surface area contributed by atoms with Crippen LogP contribution in [0.5, 0.6) is 0 Å². The summed E-state index contributed by atoms with van der Waals surface area (Å²) >= 11 is 0. The number of amides is 1. The van der Waals surface area contributed by atoms with E-state index in [1.807, 2.05) is 37.3 Å². The molecule has 27 heavy (non-hydrogen) atoms. The fraction of sp³-hybridized carbons (Fsp3) is 0.435. The van der Waals surface area contributed by atoms with E-state index >= 15 is 0 Å². The van der Waals surface area contributed by atoms with E-state index in [0.717, 1.165) is 50.3 Å². The van der Waals surface area contributed by atoms with Crippen molar-refractivity contribution in [3.63, 3.8) is 0 Å². The molecule has 2 unspecified atom stereocenters. The van der Waals surface area contributed by atoms with E-state index in [1.54, 1.807) is 0 Å². The lowest BCUT2D eigenvalue weighted by Crippen LogP contribution is -2.34. The number of fused-ring (bicyclic) bond motifs is 1. The van der Waals surface area contributed by atoms with Gasteiger partial charge in [0.1, 0.15) is 0 Å². The highest BCUT2D eigenvalue weighted by Gasteiger charge is 2.41. The molecule has 4 nitrogen and oxygen atoms in total. The Bertz CT molecular complexity index is 777. The summed E-state index contributed by atoms with van der Waals surface area (Å²) in [4.78, 5) is 17.4. The topological polar surface area (TPSA) is 49.6 Å². The quantitative estimate of drug-likeness (QED) is 0.888. The van der Waals surface area contributed by atoms with E-state index in [1.165, 1.54) is 5.56 Å². The van der Waals surface area contributed by atoms with Gasteiger partial charge < -0.3 is 15.5 Å². The highest BCUT2D eigenvalue weighted by molar-refractivity contribution is 5.94. The first-order valence-corrected chi connectivity index (χ1v) is 9.99. The Kier molecular flexibility index (Phi) is 5.28. The van der Waals surface area contributed by atoms with Crippen molar-refractivity contribution in [2.75, 3.05) is 32.7 Å². The molecule has 142 valence electrons. The smallest absolute Gasteiger partial charge is 0.253 e. The predicted molar refractivity (Wildman–Crippen MR) is 108 cm³/mol. The van der Waals surface area contributed by atoms with Crippen molar-refractivity contribution >= 4 is 5.91 Å². The van der Waals surface area contributed by atoms with Crippen LogP contribution in [0.15, 0.2) is 54.6 Å². The number of benzene rings is 2. The van der Waals surface area contributed by atoms with E-state index in [9.17, 15) is 4.79 Å². The van der Waals surface area contributed by atoms with Crippen LogP contribution in [0.4, 0.5) is 0 Å². The maximum atomic E-state index is 12.8. The Labute approximate surface area is 162 Å². The summed E-state index contributed by atoms with van der Waals surface area (Å²) in [6.45, 7) is 7.02. The van der Waals surface area contributed by atoms with E-state index in [4.69, 9.17) is 5.73 Å². The molecular weight excluding hydrogens is 334 g/mol. The first kappa shape index (κ1) is 18.2. The number of hydrogen-bond donors (Lipinski definition) is 1. The third-order valence-electron chi connectivity index (χ3n) is 6.10. The van der Waals surface area contributed by atoms with Crippen LogP contribution in [0, 0.1) is 18.8 Å². The number of rotatable bonds is 5. The number of aryl methyl sites for hydroxylation is 1. The lowest BCUT2D eigenvalue weighted by molar-refractivity contribution is 0.0774. The summed E-state index contributed by atoms with van der Waals surface area (Å²) in [5.41, 5.74) is 9.52. The second-order valence-corrected chi connectivity index (χ2v) is 8.17. The summed E-state index contributed by atoms with van der Waals surface area (Å²) in [6.07, 6.45) is 0.982. The Balaban J connectivity index is 1.28. The maximum Gasteiger partial charge on any atom is 0.253 e. The second kappa shape index (κ2) is 7.83. The van der Waals surface area contributed by atoms with Gasteiger partial charge in [0.15, 0.2) is 0 Å². The van der Waals surface area contributed by atoms with Gasteiger partial charge in [-0.3, -0.25) is 4.79 Å². The van der Waals surface area contributed by atoms with Crippen LogP contribution in [0.2, 0.25) is 0 Å². The van der Waals surface area contributed by atoms with Gasteiger partial charge in [-0.05, 0) is 49.4 Å². The van der Waals surface area contributed by atoms with Gasteiger partial charge in [-0.2, -0.15) is 0 Å². The number of likely N-dealkylation sites (tertiary alicyclic amines) is 2. The number of carbonyl (C=O) groups excluding carboxylic acids is 1. The van der Waals surface area contributed by atoms with Gasteiger partial charge in [0, 0.05) is 37.8 Å². The highest BCUT2D eigenvalue weighted by atomic mass is 16.2. The summed E-state index contributed by atoms with van der Waals surface area (Å²) < 4.78 is 0. The first-order valence-electron chi connectivity index (χ1n) is 9.99. The van der Waals surface area contributed by atoms with Gasteiger partial charge in [0.2, 0.25) is 0 Å². The first-order chi connectivity index (χ1) is 13.1. The zero-order chi connectivity index (χ0) is 18.8. The van der Waals surface area contributed by atoms with Crippen molar-refractivity contribution in [3.05, 3.63) is 71.3 Å². The summed E-state index contributed by atoms with van der Waals surface area (Å²) in [5.74, 6) is 1.39. The molecule has 0 bridgehead atoms. The van der Waals surface area contributed by atoms with Gasteiger partial charge in [-0.15, -0.1) is 0 Å². The van der Waals surface area contributed by atoms with E-state index in [2.05, 4.69) is 34.1 Å². The fourth-order valence-corrected chi connectivity index (χ4v) is 4.59. The van der Waals surface area contributed by atoms with Crippen LogP contribution in [-0.2, 0) is 0 Å². The number of nitrogens with two attached hydrogens (primary N) is 1. The SMILES string of the molecule is Cc1cccc(C(=O)N2CC3CN(CC[C@H](N)c4ccccc4)CC3C2)c1. The Hall–Kier alpha value is -2.17. The minimum Gasteiger partial charge on any atom is -0.338 e. The minimum atomic E-state index is 0.103. The lowest BCUT2D eigenvalue weighted by Gasteiger charge is -2.23. The molecule has 2 fully saturated rings. The third kappa shape index (κ3) is 4.07. The van der Waals surface area contributed by atoms with Gasteiger partial charge in [0.05, 0.1) is 0 Å². The van der Waals surface area contributed by atoms with Gasteiger partial charge in [-0.25, -0.2) is 0 Å². The fourth-order valence-electron chi connectivity index (χ4n) is 4.59. The standard InChI is InChI=1S/C23H29N3O/c1-17-6-5-9-19(12-17)23(27)26-15-20-13-25(14-21(20)16-26)11-10-22(24)18-7-3-2-4-8-18/h2-9,12,20-22H,10-11,13-16,24H2,1H3/t20?,21?,22-/m0/s1. The average molecular weight is 364 g/mol. The van der Waals surface area contributed by atoms with Crippen LogP contribution in [-0.4, -0.2) is 48.4 Å². The summed E-state index contributed by atoms with van der Waals surface area (Å²) in [5, 5.41) is 0. The summed E-state index contributed by atoms with van der Waals surface area (Å²) in [6, 6.07) is 18.4. The molecule has 2 aromatic carbocycles. The molecule has 2 saturated heterocycles. The summed E-state index contributed by atoms with van der Waals surface area (Å²) in [7, 11) is 0.